The van der Waals surface area contributed by atoms with Crippen molar-refractivity contribution in [2.24, 2.45) is 5.41 Å². The van der Waals surface area contributed by atoms with E-state index in [1.54, 1.807) is 7.11 Å². The third-order valence-electron chi connectivity index (χ3n) is 4.33. The normalized spacial score (nSPS) is 14.4. The van der Waals surface area contributed by atoms with Crippen molar-refractivity contribution in [1.29, 1.82) is 0 Å². The molecule has 19 heavy (non-hydrogen) atoms. The Labute approximate surface area is 121 Å². The van der Waals surface area contributed by atoms with Crippen molar-refractivity contribution >= 4 is 0 Å². The molecule has 0 aromatic heterocycles. The number of rotatable bonds is 11. The fourth-order valence-corrected chi connectivity index (χ4v) is 2.65. The highest BCUT2D eigenvalue weighted by atomic mass is 16.5. The van der Waals surface area contributed by atoms with Crippen molar-refractivity contribution in [1.82, 2.24) is 10.2 Å². The van der Waals surface area contributed by atoms with Crippen molar-refractivity contribution < 1.29 is 4.74 Å². The fraction of sp³-hybridized carbons (Fsp3) is 1.00. The Bertz CT molecular complexity index is 215. The lowest BCUT2D eigenvalue weighted by atomic mass is 9.84. The lowest BCUT2D eigenvalue weighted by Crippen LogP contribution is -2.50. The monoisotopic (exact) mass is 272 g/mol. The minimum absolute atomic E-state index is 0.270. The van der Waals surface area contributed by atoms with Crippen molar-refractivity contribution in [3.8, 4) is 0 Å². The first-order chi connectivity index (χ1) is 8.92. The summed E-state index contributed by atoms with van der Waals surface area (Å²) in [4.78, 5) is 2.61. The highest BCUT2D eigenvalue weighted by Crippen LogP contribution is 2.24. The van der Waals surface area contributed by atoms with Gasteiger partial charge in [0.1, 0.15) is 0 Å². The second-order valence-corrected chi connectivity index (χ2v) is 6.20. The summed E-state index contributed by atoms with van der Waals surface area (Å²) in [7, 11) is 1.79. The second-order valence-electron chi connectivity index (χ2n) is 6.20. The molecule has 0 amide bonds. The van der Waals surface area contributed by atoms with E-state index in [1.165, 1.54) is 12.8 Å². The van der Waals surface area contributed by atoms with Crippen LogP contribution in [0.4, 0.5) is 0 Å². The molecule has 1 N–H and O–H groups in total. The van der Waals surface area contributed by atoms with Gasteiger partial charge in [-0.3, -0.25) is 4.90 Å². The van der Waals surface area contributed by atoms with Crippen LogP contribution in [-0.4, -0.2) is 50.3 Å². The number of nitrogens with zero attached hydrogens (tertiary/aromatic N) is 1. The summed E-state index contributed by atoms with van der Waals surface area (Å²) in [6, 6.07) is 1.19. The molecule has 0 rings (SSSR count). The Morgan fingerprint density at radius 1 is 1.16 bits per heavy atom. The maximum absolute atomic E-state index is 5.28. The van der Waals surface area contributed by atoms with Gasteiger partial charge in [0.15, 0.2) is 0 Å². The number of hydrogen-bond acceptors (Lipinski definition) is 3. The zero-order valence-corrected chi connectivity index (χ0v) is 14.3. The Balaban J connectivity index is 4.67. The van der Waals surface area contributed by atoms with Crippen LogP contribution in [0.1, 0.15) is 54.4 Å². The van der Waals surface area contributed by atoms with E-state index in [-0.39, 0.29) is 5.41 Å². The van der Waals surface area contributed by atoms with Gasteiger partial charge >= 0.3 is 0 Å². The zero-order valence-electron chi connectivity index (χ0n) is 14.3. The van der Waals surface area contributed by atoms with Crippen molar-refractivity contribution in [3.05, 3.63) is 0 Å². The standard InChI is InChI=1S/C16H36N2O/c1-8-15(9-2)18(11-12-19-7)13-16(5,6)14(4)17-10-3/h14-15,17H,8-13H2,1-7H3. The molecule has 1 unspecified atom stereocenters. The van der Waals surface area contributed by atoms with Crippen LogP contribution >= 0.6 is 0 Å². The Kier molecular flexibility index (Phi) is 9.67. The topological polar surface area (TPSA) is 24.5 Å². The summed E-state index contributed by atoms with van der Waals surface area (Å²) in [6.45, 7) is 17.8. The molecule has 0 saturated carbocycles. The molecule has 0 heterocycles. The number of hydrogen-bond donors (Lipinski definition) is 1. The summed E-state index contributed by atoms with van der Waals surface area (Å²) in [5.41, 5.74) is 0.270. The lowest BCUT2D eigenvalue weighted by Gasteiger charge is -2.40. The predicted molar refractivity (Wildman–Crippen MR) is 84.7 cm³/mol. The molecular formula is C16H36N2O. The van der Waals surface area contributed by atoms with Crippen LogP contribution in [0.2, 0.25) is 0 Å². The van der Waals surface area contributed by atoms with Gasteiger partial charge in [0.2, 0.25) is 0 Å². The highest BCUT2D eigenvalue weighted by Gasteiger charge is 2.29. The molecule has 0 radical (unpaired) electrons. The van der Waals surface area contributed by atoms with Crippen LogP contribution in [0.15, 0.2) is 0 Å². The third kappa shape index (κ3) is 6.73. The molecule has 0 fully saturated rings. The van der Waals surface area contributed by atoms with E-state index in [9.17, 15) is 0 Å². The van der Waals surface area contributed by atoms with Gasteiger partial charge in [-0.2, -0.15) is 0 Å². The van der Waals surface area contributed by atoms with Crippen LogP contribution in [-0.2, 0) is 4.74 Å². The van der Waals surface area contributed by atoms with E-state index < -0.39 is 0 Å². The molecule has 3 heteroatoms. The Hall–Kier alpha value is -0.120. The summed E-state index contributed by atoms with van der Waals surface area (Å²) < 4.78 is 5.28. The van der Waals surface area contributed by atoms with Gasteiger partial charge in [0, 0.05) is 32.3 Å². The first-order valence-electron chi connectivity index (χ1n) is 7.89. The number of ether oxygens (including phenoxy) is 1. The molecule has 0 aliphatic rings. The largest absolute Gasteiger partial charge is 0.383 e. The molecule has 0 bridgehead atoms. The highest BCUT2D eigenvalue weighted by molar-refractivity contribution is 4.85. The second kappa shape index (κ2) is 9.73. The van der Waals surface area contributed by atoms with Gasteiger partial charge in [-0.15, -0.1) is 0 Å². The summed E-state index contributed by atoms with van der Waals surface area (Å²) in [5.74, 6) is 0. The first-order valence-corrected chi connectivity index (χ1v) is 7.89. The third-order valence-corrected chi connectivity index (χ3v) is 4.33. The lowest BCUT2D eigenvalue weighted by molar-refractivity contribution is 0.0696. The van der Waals surface area contributed by atoms with Gasteiger partial charge in [-0.1, -0.05) is 34.6 Å². The first kappa shape index (κ1) is 18.9. The molecule has 0 saturated heterocycles. The fourth-order valence-electron chi connectivity index (χ4n) is 2.65. The number of methoxy groups -OCH3 is 1. The van der Waals surface area contributed by atoms with Crippen LogP contribution in [0.25, 0.3) is 0 Å². The van der Waals surface area contributed by atoms with Gasteiger partial charge < -0.3 is 10.1 Å². The molecule has 1 atom stereocenters. The zero-order chi connectivity index (χ0) is 14.9. The van der Waals surface area contributed by atoms with Crippen LogP contribution in [0, 0.1) is 5.41 Å². The molecular weight excluding hydrogens is 236 g/mol. The average molecular weight is 272 g/mol. The quantitative estimate of drug-likeness (QED) is 0.625. The molecule has 0 aromatic carbocycles. The van der Waals surface area contributed by atoms with Crippen LogP contribution in [0.3, 0.4) is 0 Å². The van der Waals surface area contributed by atoms with Crippen LogP contribution < -0.4 is 5.32 Å². The van der Waals surface area contributed by atoms with E-state index in [0.29, 0.717) is 12.1 Å². The van der Waals surface area contributed by atoms with Crippen molar-refractivity contribution in [2.45, 2.75) is 66.5 Å². The van der Waals surface area contributed by atoms with E-state index in [0.717, 1.165) is 26.2 Å². The molecule has 0 aliphatic heterocycles. The molecule has 116 valence electrons. The maximum Gasteiger partial charge on any atom is 0.0589 e. The Morgan fingerprint density at radius 2 is 1.74 bits per heavy atom. The van der Waals surface area contributed by atoms with Gasteiger partial charge in [-0.25, -0.2) is 0 Å². The molecule has 0 spiro atoms. The average Bonchev–Trinajstić information content (AvgIpc) is 2.37. The minimum atomic E-state index is 0.270. The molecule has 0 aliphatic carbocycles. The van der Waals surface area contributed by atoms with Crippen molar-refractivity contribution in [3.63, 3.8) is 0 Å². The number of nitrogens with one attached hydrogen (secondary N) is 1. The summed E-state index contributed by atoms with van der Waals surface area (Å²) >= 11 is 0. The predicted octanol–water partition coefficient (Wildman–Crippen LogP) is 3.15. The van der Waals surface area contributed by atoms with Gasteiger partial charge in [0.25, 0.3) is 0 Å². The summed E-state index contributed by atoms with van der Waals surface area (Å²) in [5, 5.41) is 3.56. The van der Waals surface area contributed by atoms with E-state index in [1.807, 2.05) is 0 Å². The van der Waals surface area contributed by atoms with Crippen molar-refractivity contribution in [2.75, 3.05) is 33.4 Å². The van der Waals surface area contributed by atoms with Crippen LogP contribution in [0.5, 0.6) is 0 Å². The smallest absolute Gasteiger partial charge is 0.0589 e. The molecule has 3 nitrogen and oxygen atoms in total. The summed E-state index contributed by atoms with van der Waals surface area (Å²) in [6.07, 6.45) is 2.43. The van der Waals surface area contributed by atoms with Gasteiger partial charge in [-0.05, 0) is 31.7 Å². The minimum Gasteiger partial charge on any atom is -0.383 e. The SMILES string of the molecule is CCNC(C)C(C)(C)CN(CCOC)C(CC)CC. The van der Waals surface area contributed by atoms with E-state index in [2.05, 4.69) is 51.8 Å². The van der Waals surface area contributed by atoms with E-state index in [4.69, 9.17) is 4.74 Å². The van der Waals surface area contributed by atoms with Gasteiger partial charge in [0.05, 0.1) is 6.61 Å². The Morgan fingerprint density at radius 3 is 2.16 bits per heavy atom. The maximum atomic E-state index is 5.28. The van der Waals surface area contributed by atoms with E-state index >= 15 is 0 Å². The molecule has 0 aromatic rings.